The predicted octanol–water partition coefficient (Wildman–Crippen LogP) is -0.441. The number of rotatable bonds is 1. The highest BCUT2D eigenvalue weighted by Gasteiger charge is 2.00. The van der Waals surface area contributed by atoms with Gasteiger partial charge < -0.3 is 14.7 Å². The maximum Gasteiger partial charge on any atom is 0.466 e. The molecule has 8 nitrogen and oxygen atoms in total. The molecule has 0 unspecified atom stereocenters. The molecule has 0 amide bonds. The minimum Gasteiger partial charge on any atom is -0.303 e. The Morgan fingerprint density at radius 3 is 1.67 bits per heavy atom. The molecule has 0 rings (SSSR count). The molecule has 74 valence electrons. The summed E-state index contributed by atoms with van der Waals surface area (Å²) in [5.74, 6) is 0. The van der Waals surface area contributed by atoms with Crippen LogP contribution < -0.4 is 0 Å². The van der Waals surface area contributed by atoms with Crippen LogP contribution in [0.5, 0.6) is 0 Å². The third-order valence-corrected chi connectivity index (χ3v) is 0.766. The lowest BCUT2D eigenvalue weighted by atomic mass is 11.9. The van der Waals surface area contributed by atoms with Gasteiger partial charge in [-0.25, -0.2) is 4.57 Å². The van der Waals surface area contributed by atoms with E-state index in [2.05, 4.69) is 9.43 Å². The minimum atomic E-state index is -4.64. The maximum atomic E-state index is 10.4. The van der Waals surface area contributed by atoms with E-state index in [4.69, 9.17) is 24.8 Å². The molecule has 0 aliphatic rings. The van der Waals surface area contributed by atoms with Gasteiger partial charge in [-0.1, -0.05) is 0 Å². The Kier molecular flexibility index (Phi) is 6.18. The Morgan fingerprint density at radius 2 is 1.67 bits per heavy atom. The SMILES string of the molecule is C[SH](C)(=O)N=[N+]=[N-].O=P(O)(O)O. The zero-order valence-electron chi connectivity index (χ0n) is 6.39. The van der Waals surface area contributed by atoms with Gasteiger partial charge in [0.05, 0.1) is 0 Å². The first-order valence-electron chi connectivity index (χ1n) is 2.46. The summed E-state index contributed by atoms with van der Waals surface area (Å²) in [7, 11) is -7.10. The Balaban J connectivity index is 0. The van der Waals surface area contributed by atoms with E-state index in [0.29, 0.717) is 0 Å². The van der Waals surface area contributed by atoms with Gasteiger partial charge in [-0.3, -0.25) is 4.21 Å². The Hall–Kier alpha value is -0.430. The first-order valence-corrected chi connectivity index (χ1v) is 6.58. The average molecular weight is 219 g/mol. The molecule has 0 radical (unpaired) electrons. The van der Waals surface area contributed by atoms with Crippen LogP contribution in [0.25, 0.3) is 10.4 Å². The van der Waals surface area contributed by atoms with Gasteiger partial charge in [0, 0.05) is 4.91 Å². The number of azide groups is 1. The lowest BCUT2D eigenvalue weighted by Gasteiger charge is -1.96. The van der Waals surface area contributed by atoms with Crippen molar-refractivity contribution in [2.24, 2.45) is 4.52 Å². The van der Waals surface area contributed by atoms with Crippen molar-refractivity contribution in [3.63, 3.8) is 0 Å². The number of hydrogen-bond donors (Lipinski definition) is 4. The summed E-state index contributed by atoms with van der Waals surface area (Å²) in [4.78, 5) is 23.9. The van der Waals surface area contributed by atoms with Gasteiger partial charge in [0.1, 0.15) is 0 Å². The third-order valence-electron chi connectivity index (χ3n) is 0.255. The maximum absolute atomic E-state index is 10.4. The van der Waals surface area contributed by atoms with E-state index in [0.717, 1.165) is 0 Å². The fourth-order valence-electron chi connectivity index (χ4n) is 0.0963. The molecule has 12 heavy (non-hydrogen) atoms. The summed E-state index contributed by atoms with van der Waals surface area (Å²) in [6, 6.07) is 0. The fourth-order valence-corrected chi connectivity index (χ4v) is 0.289. The monoisotopic (exact) mass is 219 g/mol. The Bertz CT molecular complexity index is 252. The van der Waals surface area contributed by atoms with Crippen molar-refractivity contribution in [1.29, 1.82) is 0 Å². The number of phosphoric acid groups is 1. The first-order chi connectivity index (χ1) is 5.06. The van der Waals surface area contributed by atoms with Crippen LogP contribution in [-0.4, -0.2) is 31.4 Å². The van der Waals surface area contributed by atoms with Crippen molar-refractivity contribution in [2.45, 2.75) is 0 Å². The lowest BCUT2D eigenvalue weighted by Crippen LogP contribution is -1.97. The molecule has 0 saturated heterocycles. The van der Waals surface area contributed by atoms with E-state index in [1.165, 1.54) is 12.5 Å². The van der Waals surface area contributed by atoms with E-state index in [1.807, 2.05) is 0 Å². The number of thiol groups is 1. The predicted molar refractivity (Wildman–Crippen MR) is 44.8 cm³/mol. The fraction of sp³-hybridized carbons (Fsp3) is 1.00. The molecule has 0 atom stereocenters. The summed E-state index contributed by atoms with van der Waals surface area (Å²) in [5, 5.41) is 0. The number of nitrogens with zero attached hydrogens (tertiary/aromatic N) is 3. The van der Waals surface area contributed by atoms with Crippen LogP contribution in [0.4, 0.5) is 0 Å². The van der Waals surface area contributed by atoms with Crippen LogP contribution >= 0.6 is 7.82 Å². The van der Waals surface area contributed by atoms with Crippen molar-refractivity contribution in [1.82, 2.24) is 0 Å². The van der Waals surface area contributed by atoms with Crippen molar-refractivity contribution < 1.29 is 23.5 Å². The van der Waals surface area contributed by atoms with E-state index in [9.17, 15) is 4.21 Å². The second kappa shape index (κ2) is 5.26. The van der Waals surface area contributed by atoms with E-state index in [-0.39, 0.29) is 0 Å². The summed E-state index contributed by atoms with van der Waals surface area (Å²) >= 11 is 0. The van der Waals surface area contributed by atoms with E-state index >= 15 is 0 Å². The molecule has 0 aromatic heterocycles. The van der Waals surface area contributed by atoms with Gasteiger partial charge in [-0.15, -0.1) is 0 Å². The van der Waals surface area contributed by atoms with Gasteiger partial charge in [0.15, 0.2) is 0 Å². The van der Waals surface area contributed by atoms with Crippen LogP contribution in [0.1, 0.15) is 0 Å². The Morgan fingerprint density at radius 1 is 1.42 bits per heavy atom. The van der Waals surface area contributed by atoms with Gasteiger partial charge in [-0.2, -0.15) is 0 Å². The van der Waals surface area contributed by atoms with Gasteiger partial charge in [0.2, 0.25) is 0 Å². The quantitative estimate of drug-likeness (QED) is 0.155. The molecular formula is C2H10N3O5PS. The largest absolute Gasteiger partial charge is 0.466 e. The van der Waals surface area contributed by atoms with Crippen LogP contribution in [-0.2, 0) is 14.7 Å². The molecule has 0 aliphatic heterocycles. The minimum absolute atomic E-state index is 1.41. The topological polar surface area (TPSA) is 144 Å². The molecule has 0 fully saturated rings. The molecule has 3 N–H and O–H groups in total. The van der Waals surface area contributed by atoms with Crippen molar-refractivity contribution >= 4 is 17.9 Å². The molecular weight excluding hydrogens is 209 g/mol. The zero-order valence-corrected chi connectivity index (χ0v) is 8.18. The van der Waals surface area contributed by atoms with Crippen molar-refractivity contribution in [3.05, 3.63) is 10.4 Å². The van der Waals surface area contributed by atoms with Crippen LogP contribution in [0.3, 0.4) is 0 Å². The molecule has 10 heteroatoms. The molecule has 0 spiro atoms. The van der Waals surface area contributed by atoms with Crippen LogP contribution in [0.15, 0.2) is 4.52 Å². The molecule has 0 aliphatic carbocycles. The van der Waals surface area contributed by atoms with E-state index < -0.39 is 17.9 Å². The van der Waals surface area contributed by atoms with E-state index in [1.54, 1.807) is 0 Å². The highest BCUT2D eigenvalue weighted by atomic mass is 32.3. The molecule has 0 saturated carbocycles. The van der Waals surface area contributed by atoms with Crippen molar-refractivity contribution in [3.8, 4) is 0 Å². The summed E-state index contributed by atoms with van der Waals surface area (Å²) in [5.41, 5.74) is 7.69. The number of hydrogen-bond acceptors (Lipinski definition) is 2. The zero-order chi connectivity index (χ0) is 10.4. The average Bonchev–Trinajstić information content (AvgIpc) is 1.54. The molecule has 0 bridgehead atoms. The summed E-state index contributed by atoms with van der Waals surface area (Å²) in [6.07, 6.45) is 2.82. The first kappa shape index (κ1) is 14.1. The van der Waals surface area contributed by atoms with Crippen LogP contribution in [0.2, 0.25) is 0 Å². The smallest absolute Gasteiger partial charge is 0.303 e. The molecule has 0 aromatic rings. The van der Waals surface area contributed by atoms with Gasteiger partial charge in [-0.05, 0) is 32.7 Å². The third kappa shape index (κ3) is 55.1. The normalized spacial score (nSPS) is 12.1. The van der Waals surface area contributed by atoms with Crippen LogP contribution in [0, 0.1) is 0 Å². The highest BCUT2D eigenvalue weighted by Crippen LogP contribution is 2.25. The second-order valence-electron chi connectivity index (χ2n) is 1.99. The highest BCUT2D eigenvalue weighted by molar-refractivity contribution is 8.00. The van der Waals surface area contributed by atoms with Crippen molar-refractivity contribution in [2.75, 3.05) is 12.5 Å². The standard InChI is InChI=1S/C2H7N3OS.H3O4P/c1-7(2,6)5-4-3;1-5(2,3)4/h7H,1-2H3;(H3,1,2,3,4). The summed E-state index contributed by atoms with van der Waals surface area (Å²) < 4.78 is 22.3. The Labute approximate surface area is 69.7 Å². The summed E-state index contributed by atoms with van der Waals surface area (Å²) in [6.45, 7) is 0. The molecule has 0 aromatic carbocycles. The second-order valence-corrected chi connectivity index (χ2v) is 5.78. The lowest BCUT2D eigenvalue weighted by molar-refractivity contribution is 0.275. The molecule has 0 heterocycles. The van der Waals surface area contributed by atoms with Gasteiger partial charge >= 0.3 is 7.82 Å². The van der Waals surface area contributed by atoms with Gasteiger partial charge in [0.25, 0.3) is 0 Å².